The molecule has 2 aliphatic rings. The first-order chi connectivity index (χ1) is 16.7. The molecule has 4 N–H and O–H groups in total. The Morgan fingerprint density at radius 3 is 2.21 bits per heavy atom. The van der Waals surface area contributed by atoms with E-state index in [-0.39, 0.29) is 0 Å². The predicted molar refractivity (Wildman–Crippen MR) is 135 cm³/mol. The molecule has 0 bridgehead atoms. The van der Waals surface area contributed by atoms with Crippen molar-refractivity contribution in [2.45, 2.75) is 43.8 Å². The molecule has 0 atom stereocenters. The van der Waals surface area contributed by atoms with Crippen LogP contribution in [0.4, 0.5) is 5.82 Å². The van der Waals surface area contributed by atoms with Gasteiger partial charge < -0.3 is 20.8 Å². The second-order valence-corrected chi connectivity index (χ2v) is 9.52. The van der Waals surface area contributed by atoms with E-state index in [2.05, 4.69) is 37.8 Å². The molecular formula is C27H30N6O. The number of nitrogen functional groups attached to an aromatic ring is 1. The average Bonchev–Trinajstić information content (AvgIpc) is 3.24. The summed E-state index contributed by atoms with van der Waals surface area (Å²) in [6.07, 6.45) is 8.44. The van der Waals surface area contributed by atoms with Crippen LogP contribution in [0.3, 0.4) is 0 Å². The molecule has 2 fully saturated rings. The maximum atomic E-state index is 6.36. The highest BCUT2D eigenvalue weighted by atomic mass is 16.5. The van der Waals surface area contributed by atoms with Gasteiger partial charge in [0.2, 0.25) is 0 Å². The zero-order chi connectivity index (χ0) is 23.1. The smallest absolute Gasteiger partial charge is 0.146 e. The van der Waals surface area contributed by atoms with Gasteiger partial charge in [0, 0.05) is 43.0 Å². The van der Waals surface area contributed by atoms with E-state index in [1.807, 2.05) is 42.5 Å². The number of hydrogen-bond acceptors (Lipinski definition) is 6. The summed E-state index contributed by atoms with van der Waals surface area (Å²) < 4.78 is 8.29. The van der Waals surface area contributed by atoms with Crippen LogP contribution < -0.4 is 16.2 Å². The number of ether oxygens (including phenoxy) is 1. The zero-order valence-electron chi connectivity index (χ0n) is 19.2. The summed E-state index contributed by atoms with van der Waals surface area (Å²) >= 11 is 0. The van der Waals surface area contributed by atoms with Crippen LogP contribution in [-0.4, -0.2) is 44.6 Å². The SMILES string of the molecule is Nc1ncnc2c1c(-c1ccc(Oc3ccccc3)cc1)cn2[C@H]1CC[C@@H](N2CC(N)C2)CC1. The molecule has 7 heteroatoms. The quantitative estimate of drug-likeness (QED) is 0.458. The minimum atomic E-state index is 0.359. The van der Waals surface area contributed by atoms with Crippen molar-refractivity contribution in [1.82, 2.24) is 19.4 Å². The number of nitrogens with two attached hydrogens (primary N) is 2. The Morgan fingerprint density at radius 1 is 0.824 bits per heavy atom. The van der Waals surface area contributed by atoms with Gasteiger partial charge in [-0.15, -0.1) is 0 Å². The predicted octanol–water partition coefficient (Wildman–Crippen LogP) is 4.60. The molecule has 0 radical (unpaired) electrons. The molecular weight excluding hydrogens is 424 g/mol. The van der Waals surface area contributed by atoms with E-state index >= 15 is 0 Å². The number of para-hydroxylation sites is 1. The summed E-state index contributed by atoms with van der Waals surface area (Å²) in [7, 11) is 0. The Bertz CT molecular complexity index is 1270. The molecule has 6 rings (SSSR count). The van der Waals surface area contributed by atoms with Crippen LogP contribution in [0, 0.1) is 0 Å². The van der Waals surface area contributed by atoms with Crippen molar-refractivity contribution in [3.05, 3.63) is 67.1 Å². The molecule has 2 aromatic heterocycles. The van der Waals surface area contributed by atoms with E-state index in [4.69, 9.17) is 16.2 Å². The minimum Gasteiger partial charge on any atom is -0.457 e. The van der Waals surface area contributed by atoms with Crippen molar-refractivity contribution in [2.75, 3.05) is 18.8 Å². The third-order valence-electron chi connectivity index (χ3n) is 7.30. The number of fused-ring (bicyclic) bond motifs is 1. The Kier molecular flexibility index (Phi) is 5.43. The first-order valence-corrected chi connectivity index (χ1v) is 12.1. The van der Waals surface area contributed by atoms with Gasteiger partial charge in [-0.25, -0.2) is 9.97 Å². The summed E-state index contributed by atoms with van der Waals surface area (Å²) in [4.78, 5) is 11.5. The van der Waals surface area contributed by atoms with Crippen LogP contribution in [0.2, 0.25) is 0 Å². The number of aromatic nitrogens is 3. The fraction of sp³-hybridized carbons (Fsp3) is 0.333. The van der Waals surface area contributed by atoms with Gasteiger partial charge >= 0.3 is 0 Å². The molecule has 174 valence electrons. The second kappa shape index (κ2) is 8.74. The second-order valence-electron chi connectivity index (χ2n) is 9.52. The van der Waals surface area contributed by atoms with E-state index in [0.29, 0.717) is 23.9 Å². The largest absolute Gasteiger partial charge is 0.457 e. The molecule has 4 aromatic rings. The topological polar surface area (TPSA) is 95.2 Å². The molecule has 2 aromatic carbocycles. The number of nitrogens with zero attached hydrogens (tertiary/aromatic N) is 4. The molecule has 34 heavy (non-hydrogen) atoms. The lowest BCUT2D eigenvalue weighted by Crippen LogP contribution is -2.59. The fourth-order valence-corrected chi connectivity index (χ4v) is 5.48. The van der Waals surface area contributed by atoms with Gasteiger partial charge in [0.1, 0.15) is 29.3 Å². The molecule has 1 aliphatic heterocycles. The number of rotatable bonds is 5. The van der Waals surface area contributed by atoms with E-state index in [9.17, 15) is 0 Å². The molecule has 0 spiro atoms. The highest BCUT2D eigenvalue weighted by molar-refractivity contribution is 6.00. The van der Waals surface area contributed by atoms with Crippen LogP contribution in [-0.2, 0) is 0 Å². The average molecular weight is 455 g/mol. The van der Waals surface area contributed by atoms with Crippen LogP contribution in [0.5, 0.6) is 11.5 Å². The summed E-state index contributed by atoms with van der Waals surface area (Å²) in [6, 6.07) is 19.4. The molecule has 0 amide bonds. The van der Waals surface area contributed by atoms with Crippen molar-refractivity contribution in [3.63, 3.8) is 0 Å². The van der Waals surface area contributed by atoms with Crippen LogP contribution in [0.1, 0.15) is 31.7 Å². The van der Waals surface area contributed by atoms with Crippen LogP contribution in [0.25, 0.3) is 22.2 Å². The van der Waals surface area contributed by atoms with Crippen molar-refractivity contribution in [3.8, 4) is 22.6 Å². The standard InChI is InChI=1S/C27H30N6O/c28-19-14-32(15-19)20-8-10-21(11-9-20)33-16-24(25-26(29)30-17-31-27(25)33)18-6-12-23(13-7-18)34-22-4-2-1-3-5-22/h1-7,12-13,16-17,19-21H,8-11,14-15,28H2,(H2,29,30,31)/t20-,21+. The summed E-state index contributed by atoms with van der Waals surface area (Å²) in [6.45, 7) is 2.08. The van der Waals surface area contributed by atoms with Gasteiger partial charge in [-0.1, -0.05) is 30.3 Å². The third-order valence-corrected chi connectivity index (χ3v) is 7.30. The Balaban J connectivity index is 1.27. The molecule has 1 saturated carbocycles. The van der Waals surface area contributed by atoms with E-state index < -0.39 is 0 Å². The number of likely N-dealkylation sites (tertiary alicyclic amines) is 1. The van der Waals surface area contributed by atoms with Gasteiger partial charge in [0.05, 0.1) is 5.39 Å². The normalized spacial score (nSPS) is 21.4. The van der Waals surface area contributed by atoms with Crippen LogP contribution in [0.15, 0.2) is 67.1 Å². The first-order valence-electron chi connectivity index (χ1n) is 12.1. The molecule has 3 heterocycles. The Morgan fingerprint density at radius 2 is 1.50 bits per heavy atom. The lowest BCUT2D eigenvalue weighted by molar-refractivity contribution is 0.0628. The molecule has 1 aliphatic carbocycles. The van der Waals surface area contributed by atoms with Gasteiger partial charge in [-0.05, 0) is 55.5 Å². The Hall–Kier alpha value is -3.42. The van der Waals surface area contributed by atoms with Crippen molar-refractivity contribution >= 4 is 16.9 Å². The third kappa shape index (κ3) is 3.91. The van der Waals surface area contributed by atoms with Crippen molar-refractivity contribution in [1.29, 1.82) is 0 Å². The molecule has 7 nitrogen and oxygen atoms in total. The first kappa shape index (κ1) is 21.1. The zero-order valence-corrected chi connectivity index (χ0v) is 19.2. The number of anilines is 1. The van der Waals surface area contributed by atoms with Gasteiger partial charge in [0.25, 0.3) is 0 Å². The molecule has 0 unspecified atom stereocenters. The fourth-order valence-electron chi connectivity index (χ4n) is 5.48. The van der Waals surface area contributed by atoms with E-state index in [1.165, 1.54) is 12.8 Å². The molecule has 1 saturated heterocycles. The van der Waals surface area contributed by atoms with Crippen molar-refractivity contribution in [2.24, 2.45) is 5.73 Å². The monoisotopic (exact) mass is 454 g/mol. The highest BCUT2D eigenvalue weighted by Crippen LogP contribution is 2.39. The van der Waals surface area contributed by atoms with Gasteiger partial charge in [-0.2, -0.15) is 0 Å². The minimum absolute atomic E-state index is 0.359. The summed E-state index contributed by atoms with van der Waals surface area (Å²) in [5.41, 5.74) is 15.4. The summed E-state index contributed by atoms with van der Waals surface area (Å²) in [5.74, 6) is 2.14. The van der Waals surface area contributed by atoms with E-state index in [1.54, 1.807) is 6.33 Å². The lowest BCUT2D eigenvalue weighted by atomic mass is 9.88. The van der Waals surface area contributed by atoms with Gasteiger partial charge in [-0.3, -0.25) is 4.90 Å². The Labute approximate surface area is 199 Å². The van der Waals surface area contributed by atoms with Crippen molar-refractivity contribution < 1.29 is 4.74 Å². The maximum Gasteiger partial charge on any atom is 0.146 e. The van der Waals surface area contributed by atoms with Crippen LogP contribution >= 0.6 is 0 Å². The number of benzene rings is 2. The van der Waals surface area contributed by atoms with E-state index in [0.717, 1.165) is 59.6 Å². The summed E-state index contributed by atoms with van der Waals surface area (Å²) in [5, 5.41) is 0.926. The van der Waals surface area contributed by atoms with Gasteiger partial charge in [0.15, 0.2) is 0 Å². The highest BCUT2D eigenvalue weighted by Gasteiger charge is 2.33. The number of hydrogen-bond donors (Lipinski definition) is 2. The lowest BCUT2D eigenvalue weighted by Gasteiger charge is -2.45. The maximum absolute atomic E-state index is 6.36.